The maximum atomic E-state index is 10.2. The van der Waals surface area contributed by atoms with Gasteiger partial charge in [-0.25, -0.2) is 0 Å². The molecule has 5 unspecified atom stereocenters. The Bertz CT molecular complexity index is 321. The summed E-state index contributed by atoms with van der Waals surface area (Å²) in [4.78, 5) is 0. The van der Waals surface area contributed by atoms with Crippen molar-refractivity contribution in [3.63, 3.8) is 0 Å². The van der Waals surface area contributed by atoms with E-state index in [0.717, 1.165) is 12.8 Å². The lowest BCUT2D eigenvalue weighted by molar-refractivity contribution is -0.0470. The Labute approximate surface area is 87.9 Å². The third kappa shape index (κ3) is 1.11. The fourth-order valence-electron chi connectivity index (χ4n) is 3.19. The minimum absolute atomic E-state index is 0.274. The van der Waals surface area contributed by atoms with Gasteiger partial charge in [-0.1, -0.05) is 6.08 Å². The molecule has 2 fully saturated rings. The SMILES string of the molecule is OC1CC(O)C2C1=CC(O)C1(CC1)C2O. The van der Waals surface area contributed by atoms with Crippen LogP contribution in [0.2, 0.25) is 0 Å². The van der Waals surface area contributed by atoms with Gasteiger partial charge in [0, 0.05) is 17.8 Å². The van der Waals surface area contributed by atoms with E-state index in [1.54, 1.807) is 6.08 Å². The van der Waals surface area contributed by atoms with E-state index in [1.807, 2.05) is 0 Å². The lowest BCUT2D eigenvalue weighted by Crippen LogP contribution is -2.45. The molecule has 3 aliphatic rings. The highest BCUT2D eigenvalue weighted by atomic mass is 16.3. The molecule has 0 aromatic rings. The molecule has 3 aliphatic carbocycles. The molecule has 0 aliphatic heterocycles. The molecular weight excluding hydrogens is 196 g/mol. The number of aliphatic hydroxyl groups is 4. The molecular formula is C11H16O4. The van der Waals surface area contributed by atoms with Crippen LogP contribution in [0.5, 0.6) is 0 Å². The second-order valence-electron chi connectivity index (χ2n) is 5.13. The minimum Gasteiger partial charge on any atom is -0.392 e. The van der Waals surface area contributed by atoms with Crippen LogP contribution >= 0.6 is 0 Å². The van der Waals surface area contributed by atoms with Gasteiger partial charge in [0.1, 0.15) is 0 Å². The highest BCUT2D eigenvalue weighted by molar-refractivity contribution is 5.32. The van der Waals surface area contributed by atoms with Crippen LogP contribution in [0, 0.1) is 11.3 Å². The second-order valence-corrected chi connectivity index (χ2v) is 5.13. The van der Waals surface area contributed by atoms with Gasteiger partial charge in [-0.2, -0.15) is 0 Å². The van der Waals surface area contributed by atoms with Crippen LogP contribution in [0.15, 0.2) is 11.6 Å². The van der Waals surface area contributed by atoms with Crippen molar-refractivity contribution in [2.45, 2.75) is 43.7 Å². The molecule has 15 heavy (non-hydrogen) atoms. The summed E-state index contributed by atoms with van der Waals surface area (Å²) in [6.45, 7) is 0. The lowest BCUT2D eigenvalue weighted by Gasteiger charge is -2.37. The summed E-state index contributed by atoms with van der Waals surface area (Å²) in [6.07, 6.45) is 0.772. The Morgan fingerprint density at radius 3 is 2.40 bits per heavy atom. The first kappa shape index (κ1) is 9.78. The highest BCUT2D eigenvalue weighted by Gasteiger charge is 2.61. The quantitative estimate of drug-likeness (QED) is 0.395. The molecule has 4 nitrogen and oxygen atoms in total. The Hall–Kier alpha value is -0.420. The van der Waals surface area contributed by atoms with Gasteiger partial charge in [-0.15, -0.1) is 0 Å². The first-order valence-corrected chi connectivity index (χ1v) is 5.50. The van der Waals surface area contributed by atoms with Crippen molar-refractivity contribution < 1.29 is 20.4 Å². The van der Waals surface area contributed by atoms with Crippen LogP contribution in [-0.2, 0) is 0 Å². The van der Waals surface area contributed by atoms with Crippen LogP contribution in [0.4, 0.5) is 0 Å². The van der Waals surface area contributed by atoms with Crippen LogP contribution in [0.3, 0.4) is 0 Å². The molecule has 0 bridgehead atoms. The normalized spacial score (nSPS) is 51.5. The van der Waals surface area contributed by atoms with Gasteiger partial charge in [0.2, 0.25) is 0 Å². The zero-order valence-corrected chi connectivity index (χ0v) is 8.37. The molecule has 0 amide bonds. The van der Waals surface area contributed by atoms with Crippen LogP contribution in [-0.4, -0.2) is 44.8 Å². The first-order valence-electron chi connectivity index (χ1n) is 5.50. The van der Waals surface area contributed by atoms with Gasteiger partial charge in [-0.05, 0) is 18.4 Å². The van der Waals surface area contributed by atoms with E-state index in [9.17, 15) is 20.4 Å². The zero-order chi connectivity index (χ0) is 10.8. The third-order valence-electron chi connectivity index (χ3n) is 4.34. The van der Waals surface area contributed by atoms with E-state index in [1.165, 1.54) is 0 Å². The smallest absolute Gasteiger partial charge is 0.0805 e. The maximum absolute atomic E-state index is 10.2. The van der Waals surface area contributed by atoms with Gasteiger partial charge in [0.25, 0.3) is 0 Å². The topological polar surface area (TPSA) is 80.9 Å². The predicted molar refractivity (Wildman–Crippen MR) is 51.9 cm³/mol. The fraction of sp³-hybridized carbons (Fsp3) is 0.818. The van der Waals surface area contributed by atoms with E-state index in [2.05, 4.69) is 0 Å². The molecule has 1 spiro atoms. The van der Waals surface area contributed by atoms with Gasteiger partial charge in [0.05, 0.1) is 24.4 Å². The summed E-state index contributed by atoms with van der Waals surface area (Å²) in [6, 6.07) is 0. The molecule has 0 aromatic heterocycles. The Morgan fingerprint density at radius 2 is 1.80 bits per heavy atom. The summed E-state index contributed by atoms with van der Waals surface area (Å²) in [5.41, 5.74) is 0.194. The van der Waals surface area contributed by atoms with Crippen LogP contribution in [0.25, 0.3) is 0 Å². The third-order valence-corrected chi connectivity index (χ3v) is 4.34. The van der Waals surface area contributed by atoms with Gasteiger partial charge in [-0.3, -0.25) is 0 Å². The van der Waals surface area contributed by atoms with Gasteiger partial charge in [0.15, 0.2) is 0 Å². The number of rotatable bonds is 0. The molecule has 0 aromatic carbocycles. The minimum atomic E-state index is -0.709. The Kier molecular flexibility index (Phi) is 1.84. The number of hydrogen-bond acceptors (Lipinski definition) is 4. The summed E-state index contributed by atoms with van der Waals surface area (Å²) in [7, 11) is 0. The molecule has 0 radical (unpaired) electrons. The van der Waals surface area contributed by atoms with E-state index in [-0.39, 0.29) is 12.3 Å². The van der Waals surface area contributed by atoms with Gasteiger partial charge >= 0.3 is 0 Å². The molecule has 3 rings (SSSR count). The average molecular weight is 212 g/mol. The highest BCUT2D eigenvalue weighted by Crippen LogP contribution is 2.59. The van der Waals surface area contributed by atoms with Crippen LogP contribution in [0.1, 0.15) is 19.3 Å². The van der Waals surface area contributed by atoms with E-state index >= 15 is 0 Å². The molecule has 84 valence electrons. The summed E-state index contributed by atoms with van der Waals surface area (Å²) < 4.78 is 0. The average Bonchev–Trinajstić information content (AvgIpc) is 2.90. The van der Waals surface area contributed by atoms with Gasteiger partial charge < -0.3 is 20.4 Å². The number of aliphatic hydroxyl groups excluding tert-OH is 4. The summed E-state index contributed by atoms with van der Waals surface area (Å²) >= 11 is 0. The van der Waals surface area contributed by atoms with Crippen molar-refractivity contribution in [1.29, 1.82) is 0 Å². The Morgan fingerprint density at radius 1 is 1.13 bits per heavy atom. The Balaban J connectivity index is 2.01. The monoisotopic (exact) mass is 212 g/mol. The van der Waals surface area contributed by atoms with Crippen molar-refractivity contribution in [3.05, 3.63) is 11.6 Å². The van der Waals surface area contributed by atoms with Crippen molar-refractivity contribution >= 4 is 0 Å². The van der Waals surface area contributed by atoms with Crippen molar-refractivity contribution in [3.8, 4) is 0 Å². The maximum Gasteiger partial charge on any atom is 0.0805 e. The fourth-order valence-corrected chi connectivity index (χ4v) is 3.19. The standard InChI is InChI=1S/C11H16O4/c12-6-4-7(13)9-5(6)3-8(14)11(1-2-11)10(9)15/h3,6-10,12-15H,1-2,4H2. The summed E-state index contributed by atoms with van der Waals surface area (Å²) in [5, 5.41) is 39.5. The largest absolute Gasteiger partial charge is 0.392 e. The predicted octanol–water partition coefficient (Wildman–Crippen LogP) is -0.830. The first-order chi connectivity index (χ1) is 7.06. The molecule has 0 heterocycles. The number of fused-ring (bicyclic) bond motifs is 1. The van der Waals surface area contributed by atoms with Crippen molar-refractivity contribution in [2.75, 3.05) is 0 Å². The molecule has 5 atom stereocenters. The zero-order valence-electron chi connectivity index (χ0n) is 8.37. The lowest BCUT2D eigenvalue weighted by atomic mass is 9.75. The second kappa shape index (κ2) is 2.83. The van der Waals surface area contributed by atoms with Crippen molar-refractivity contribution in [1.82, 2.24) is 0 Å². The molecule has 2 saturated carbocycles. The molecule has 0 saturated heterocycles. The molecule has 4 heteroatoms. The summed E-state index contributed by atoms with van der Waals surface area (Å²) in [5.74, 6) is -0.370. The van der Waals surface area contributed by atoms with E-state index in [4.69, 9.17) is 0 Å². The van der Waals surface area contributed by atoms with E-state index < -0.39 is 29.8 Å². The number of hydrogen-bond donors (Lipinski definition) is 4. The van der Waals surface area contributed by atoms with Crippen molar-refractivity contribution in [2.24, 2.45) is 11.3 Å². The van der Waals surface area contributed by atoms with Crippen LogP contribution < -0.4 is 0 Å². The molecule has 4 N–H and O–H groups in total. The van der Waals surface area contributed by atoms with E-state index in [0.29, 0.717) is 5.57 Å².